The van der Waals surface area contributed by atoms with Crippen molar-refractivity contribution in [2.24, 2.45) is 5.73 Å². The number of amides is 1. The van der Waals surface area contributed by atoms with Gasteiger partial charge in [-0.2, -0.15) is 0 Å². The average molecular weight is 328 g/mol. The highest BCUT2D eigenvalue weighted by molar-refractivity contribution is 5.76. The number of nitrogens with two attached hydrogens (primary N) is 1. The number of rotatable bonds is 7. The van der Waals surface area contributed by atoms with Crippen LogP contribution < -0.4 is 11.1 Å². The zero-order valence-electron chi connectivity index (χ0n) is 14.3. The minimum atomic E-state index is -0.266. The number of carbonyl (C=O) groups excluding carboxylic acids is 1. The number of aryl methyl sites for hydroxylation is 1. The quantitative estimate of drug-likeness (QED) is 0.814. The Hall–Kier alpha value is -2.20. The van der Waals surface area contributed by atoms with E-state index in [0.717, 1.165) is 11.1 Å². The molecule has 0 aliphatic carbocycles. The highest BCUT2D eigenvalue weighted by atomic mass is 19.1. The molecule has 4 heteroatoms. The third kappa shape index (κ3) is 5.46. The third-order valence-electron chi connectivity index (χ3n) is 4.10. The van der Waals surface area contributed by atoms with Crippen LogP contribution in [0.5, 0.6) is 0 Å². The number of carbonyl (C=O) groups is 1. The Morgan fingerprint density at radius 3 is 2.21 bits per heavy atom. The van der Waals surface area contributed by atoms with E-state index in [0.29, 0.717) is 25.3 Å². The van der Waals surface area contributed by atoms with Crippen LogP contribution >= 0.6 is 0 Å². The van der Waals surface area contributed by atoms with E-state index in [9.17, 15) is 9.18 Å². The zero-order valence-corrected chi connectivity index (χ0v) is 14.3. The molecule has 0 saturated heterocycles. The normalized spacial score (nSPS) is 12.2. The van der Waals surface area contributed by atoms with Crippen LogP contribution in [-0.2, 0) is 11.2 Å². The van der Waals surface area contributed by atoms with E-state index in [4.69, 9.17) is 5.73 Å². The predicted molar refractivity (Wildman–Crippen MR) is 95.2 cm³/mol. The lowest BCUT2D eigenvalue weighted by atomic mass is 9.99. The Kier molecular flexibility index (Phi) is 6.50. The monoisotopic (exact) mass is 328 g/mol. The van der Waals surface area contributed by atoms with Gasteiger partial charge in [0.05, 0.1) is 0 Å². The summed E-state index contributed by atoms with van der Waals surface area (Å²) >= 11 is 0. The van der Waals surface area contributed by atoms with Gasteiger partial charge in [0.25, 0.3) is 0 Å². The van der Waals surface area contributed by atoms with Gasteiger partial charge in [0.1, 0.15) is 5.82 Å². The van der Waals surface area contributed by atoms with Gasteiger partial charge in [-0.3, -0.25) is 4.79 Å². The second-order valence-electron chi connectivity index (χ2n) is 6.36. The fourth-order valence-electron chi connectivity index (χ4n) is 2.47. The molecule has 0 spiro atoms. The molecule has 1 unspecified atom stereocenters. The highest BCUT2D eigenvalue weighted by Gasteiger charge is 2.09. The molecular weight excluding hydrogens is 303 g/mol. The summed E-state index contributed by atoms with van der Waals surface area (Å²) in [6.45, 7) is 4.70. The summed E-state index contributed by atoms with van der Waals surface area (Å²) in [7, 11) is 0. The van der Waals surface area contributed by atoms with Gasteiger partial charge >= 0.3 is 0 Å². The fraction of sp³-hybridized carbons (Fsp3) is 0.350. The van der Waals surface area contributed by atoms with Crippen LogP contribution in [0, 0.1) is 5.82 Å². The van der Waals surface area contributed by atoms with E-state index in [-0.39, 0.29) is 17.8 Å². The molecule has 0 heterocycles. The summed E-state index contributed by atoms with van der Waals surface area (Å²) in [6.07, 6.45) is 0.953. The maximum Gasteiger partial charge on any atom is 0.220 e. The van der Waals surface area contributed by atoms with Crippen molar-refractivity contribution >= 4 is 5.91 Å². The second kappa shape index (κ2) is 8.60. The summed E-state index contributed by atoms with van der Waals surface area (Å²) in [5.41, 5.74) is 9.37. The van der Waals surface area contributed by atoms with Crippen LogP contribution in [-0.4, -0.2) is 12.5 Å². The first-order chi connectivity index (χ1) is 11.5. The Balaban J connectivity index is 1.77. The van der Waals surface area contributed by atoms with Gasteiger partial charge in [0.2, 0.25) is 5.91 Å². The molecule has 0 saturated carbocycles. The lowest BCUT2D eigenvalue weighted by molar-refractivity contribution is -0.121. The van der Waals surface area contributed by atoms with E-state index in [1.54, 1.807) is 12.1 Å². The molecule has 2 aromatic rings. The van der Waals surface area contributed by atoms with Crippen molar-refractivity contribution in [2.75, 3.05) is 6.54 Å². The summed E-state index contributed by atoms with van der Waals surface area (Å²) in [4.78, 5) is 11.9. The average Bonchev–Trinajstić information content (AvgIpc) is 2.59. The van der Waals surface area contributed by atoms with Gasteiger partial charge in [-0.1, -0.05) is 50.2 Å². The van der Waals surface area contributed by atoms with Crippen LogP contribution in [0.1, 0.15) is 48.9 Å². The fourth-order valence-corrected chi connectivity index (χ4v) is 2.47. The largest absolute Gasteiger partial charge is 0.354 e. The topological polar surface area (TPSA) is 55.1 Å². The number of nitrogens with one attached hydrogen (secondary N) is 1. The van der Waals surface area contributed by atoms with Gasteiger partial charge in [0, 0.05) is 19.0 Å². The van der Waals surface area contributed by atoms with Crippen LogP contribution in [0.3, 0.4) is 0 Å². The summed E-state index contributed by atoms with van der Waals surface area (Å²) < 4.78 is 12.8. The van der Waals surface area contributed by atoms with Gasteiger partial charge in [-0.25, -0.2) is 4.39 Å². The Labute approximate surface area is 143 Å². The molecule has 24 heavy (non-hydrogen) atoms. The predicted octanol–water partition coefficient (Wildman–Crippen LogP) is 3.70. The van der Waals surface area contributed by atoms with E-state index in [1.807, 2.05) is 12.1 Å². The number of benzene rings is 2. The molecule has 3 nitrogen and oxygen atoms in total. The Morgan fingerprint density at radius 2 is 1.62 bits per heavy atom. The molecule has 0 radical (unpaired) electrons. The van der Waals surface area contributed by atoms with E-state index >= 15 is 0 Å². The first-order valence-electron chi connectivity index (χ1n) is 8.32. The van der Waals surface area contributed by atoms with Gasteiger partial charge in [-0.15, -0.1) is 0 Å². The smallest absolute Gasteiger partial charge is 0.220 e. The van der Waals surface area contributed by atoms with Crippen LogP contribution in [0.15, 0.2) is 48.5 Å². The van der Waals surface area contributed by atoms with Gasteiger partial charge in [0.15, 0.2) is 0 Å². The van der Waals surface area contributed by atoms with Crippen LogP contribution in [0.2, 0.25) is 0 Å². The molecule has 0 aromatic heterocycles. The second-order valence-corrected chi connectivity index (χ2v) is 6.36. The summed E-state index contributed by atoms with van der Waals surface area (Å²) in [5, 5.41) is 2.86. The van der Waals surface area contributed by atoms with Gasteiger partial charge < -0.3 is 11.1 Å². The zero-order chi connectivity index (χ0) is 17.5. The third-order valence-corrected chi connectivity index (χ3v) is 4.10. The van der Waals surface area contributed by atoms with E-state index < -0.39 is 0 Å². The molecular formula is C20H25FN2O. The molecule has 0 aliphatic heterocycles. The lowest BCUT2D eigenvalue weighted by Gasteiger charge is -2.14. The molecule has 0 aliphatic rings. The minimum Gasteiger partial charge on any atom is -0.354 e. The standard InChI is InChI=1S/C20H25FN2O/c1-14(2)16-6-8-17(9-7-16)19(22)13-23-20(24)12-5-15-3-10-18(21)11-4-15/h3-4,6-11,14,19H,5,12-13,22H2,1-2H3,(H,23,24). The molecule has 128 valence electrons. The SMILES string of the molecule is CC(C)c1ccc(C(N)CNC(=O)CCc2ccc(F)cc2)cc1. The lowest BCUT2D eigenvalue weighted by Crippen LogP contribution is -2.32. The van der Waals surface area contributed by atoms with Crippen LogP contribution in [0.25, 0.3) is 0 Å². The molecule has 0 bridgehead atoms. The van der Waals surface area contributed by atoms with Crippen molar-refractivity contribution in [1.29, 1.82) is 0 Å². The maximum absolute atomic E-state index is 12.8. The van der Waals surface area contributed by atoms with Gasteiger partial charge in [-0.05, 0) is 41.2 Å². The van der Waals surface area contributed by atoms with Crippen molar-refractivity contribution in [3.63, 3.8) is 0 Å². The maximum atomic E-state index is 12.8. The Bertz CT molecular complexity index is 650. The summed E-state index contributed by atoms with van der Waals surface area (Å²) in [5.74, 6) is 0.174. The molecule has 0 fully saturated rings. The minimum absolute atomic E-state index is 0.0476. The van der Waals surface area contributed by atoms with Crippen molar-refractivity contribution < 1.29 is 9.18 Å². The molecule has 1 amide bonds. The van der Waals surface area contributed by atoms with Crippen molar-refractivity contribution in [3.05, 3.63) is 71.0 Å². The van der Waals surface area contributed by atoms with E-state index in [1.165, 1.54) is 17.7 Å². The molecule has 2 rings (SSSR count). The number of halogens is 1. The Morgan fingerprint density at radius 1 is 1.04 bits per heavy atom. The molecule has 2 aromatic carbocycles. The van der Waals surface area contributed by atoms with Crippen molar-refractivity contribution in [2.45, 2.75) is 38.6 Å². The molecule has 3 N–H and O–H groups in total. The van der Waals surface area contributed by atoms with Crippen molar-refractivity contribution in [1.82, 2.24) is 5.32 Å². The summed E-state index contributed by atoms with van der Waals surface area (Å²) in [6, 6.07) is 14.2. The van der Waals surface area contributed by atoms with E-state index in [2.05, 4.69) is 31.3 Å². The molecule has 1 atom stereocenters. The number of hydrogen-bond acceptors (Lipinski definition) is 2. The van der Waals surface area contributed by atoms with Crippen molar-refractivity contribution in [3.8, 4) is 0 Å². The highest BCUT2D eigenvalue weighted by Crippen LogP contribution is 2.17. The first-order valence-corrected chi connectivity index (χ1v) is 8.32. The van der Waals surface area contributed by atoms with Crippen LogP contribution in [0.4, 0.5) is 4.39 Å². The first kappa shape index (κ1) is 18.1. The number of hydrogen-bond donors (Lipinski definition) is 2.